The summed E-state index contributed by atoms with van der Waals surface area (Å²) in [5.74, 6) is 0.708. The van der Waals surface area contributed by atoms with Gasteiger partial charge in [0.25, 0.3) is 5.91 Å². The SMILES string of the molecule is COc1cc(C)cc(S(=O)(=O)c2ccc(CNC(=O)c3cnc4nccn4c3)cc2)c1OC. The Morgan fingerprint density at radius 3 is 2.55 bits per heavy atom. The molecule has 2 heterocycles. The number of carbonyl (C=O) groups excluding carboxylic acids is 1. The number of benzene rings is 2. The molecule has 0 aliphatic carbocycles. The molecule has 0 fully saturated rings. The smallest absolute Gasteiger partial charge is 0.254 e. The van der Waals surface area contributed by atoms with Gasteiger partial charge < -0.3 is 14.8 Å². The standard InChI is InChI=1S/C23H22N4O5S/c1-15-10-19(31-2)21(32-3)20(11-15)33(29,30)18-6-4-16(5-7-18)12-25-22(28)17-13-26-23-24-8-9-27(23)14-17/h4-11,13-14H,12H2,1-3H3,(H,25,28). The number of hydrogen-bond donors (Lipinski definition) is 1. The maximum absolute atomic E-state index is 13.3. The Morgan fingerprint density at radius 1 is 1.09 bits per heavy atom. The van der Waals surface area contributed by atoms with Crippen molar-refractivity contribution >= 4 is 21.5 Å². The summed E-state index contributed by atoms with van der Waals surface area (Å²) in [5.41, 5.74) is 1.86. The van der Waals surface area contributed by atoms with Gasteiger partial charge in [-0.05, 0) is 42.3 Å². The molecule has 33 heavy (non-hydrogen) atoms. The Hall–Kier alpha value is -3.92. The highest BCUT2D eigenvalue weighted by atomic mass is 32.2. The van der Waals surface area contributed by atoms with Crippen LogP contribution in [-0.4, -0.2) is 42.9 Å². The minimum atomic E-state index is -3.85. The first-order valence-electron chi connectivity index (χ1n) is 9.97. The van der Waals surface area contributed by atoms with Gasteiger partial charge in [0.05, 0.1) is 24.7 Å². The van der Waals surface area contributed by atoms with Gasteiger partial charge in [-0.15, -0.1) is 0 Å². The van der Waals surface area contributed by atoms with E-state index in [-0.39, 0.29) is 28.0 Å². The second-order valence-corrected chi connectivity index (χ2v) is 9.22. The largest absolute Gasteiger partial charge is 0.493 e. The maximum atomic E-state index is 13.3. The van der Waals surface area contributed by atoms with Gasteiger partial charge in [-0.2, -0.15) is 0 Å². The van der Waals surface area contributed by atoms with E-state index in [1.807, 2.05) is 0 Å². The summed E-state index contributed by atoms with van der Waals surface area (Å²) < 4.78 is 38.8. The molecule has 0 aliphatic rings. The number of sulfone groups is 1. The first-order chi connectivity index (χ1) is 15.8. The minimum Gasteiger partial charge on any atom is -0.493 e. The van der Waals surface area contributed by atoms with Gasteiger partial charge in [-0.3, -0.25) is 9.20 Å². The van der Waals surface area contributed by atoms with E-state index >= 15 is 0 Å². The summed E-state index contributed by atoms with van der Waals surface area (Å²) in [4.78, 5) is 20.8. The third kappa shape index (κ3) is 4.37. The van der Waals surface area contributed by atoms with Gasteiger partial charge >= 0.3 is 0 Å². The molecule has 1 amide bonds. The van der Waals surface area contributed by atoms with Crippen molar-refractivity contribution in [2.24, 2.45) is 0 Å². The Kier molecular flexibility index (Phi) is 6.01. The van der Waals surface area contributed by atoms with Crippen LogP contribution in [0.4, 0.5) is 0 Å². The molecule has 1 N–H and O–H groups in total. The summed E-state index contributed by atoms with van der Waals surface area (Å²) in [5, 5.41) is 2.80. The number of nitrogens with one attached hydrogen (secondary N) is 1. The summed E-state index contributed by atoms with van der Waals surface area (Å²) in [6, 6.07) is 9.59. The first-order valence-corrected chi connectivity index (χ1v) is 11.5. The quantitative estimate of drug-likeness (QED) is 0.446. The molecule has 0 bridgehead atoms. The lowest BCUT2D eigenvalue weighted by Crippen LogP contribution is -2.23. The van der Waals surface area contributed by atoms with Crippen molar-refractivity contribution < 1.29 is 22.7 Å². The number of amides is 1. The average Bonchev–Trinajstić information content (AvgIpc) is 3.30. The number of fused-ring (bicyclic) bond motifs is 1. The van der Waals surface area contributed by atoms with E-state index < -0.39 is 9.84 Å². The van der Waals surface area contributed by atoms with Gasteiger partial charge in [-0.1, -0.05) is 12.1 Å². The molecule has 0 aliphatic heterocycles. The number of aromatic nitrogens is 3. The van der Waals surface area contributed by atoms with Gasteiger partial charge in [0.15, 0.2) is 11.5 Å². The molecule has 0 atom stereocenters. The van der Waals surface area contributed by atoms with E-state index in [4.69, 9.17) is 9.47 Å². The van der Waals surface area contributed by atoms with E-state index in [1.54, 1.807) is 54.2 Å². The molecule has 0 saturated carbocycles. The van der Waals surface area contributed by atoms with Crippen molar-refractivity contribution in [2.45, 2.75) is 23.3 Å². The predicted molar refractivity (Wildman–Crippen MR) is 120 cm³/mol. The molecule has 0 unspecified atom stereocenters. The van der Waals surface area contributed by atoms with Gasteiger partial charge in [0.2, 0.25) is 15.6 Å². The second kappa shape index (κ2) is 8.91. The molecule has 4 rings (SSSR count). The lowest BCUT2D eigenvalue weighted by Gasteiger charge is -2.14. The van der Waals surface area contributed by atoms with E-state index in [2.05, 4.69) is 15.3 Å². The van der Waals surface area contributed by atoms with Crippen LogP contribution in [0.5, 0.6) is 11.5 Å². The van der Waals surface area contributed by atoms with Crippen molar-refractivity contribution in [3.8, 4) is 11.5 Å². The van der Waals surface area contributed by atoms with Crippen molar-refractivity contribution in [3.63, 3.8) is 0 Å². The van der Waals surface area contributed by atoms with Crippen LogP contribution in [0.1, 0.15) is 21.5 Å². The van der Waals surface area contributed by atoms with Gasteiger partial charge in [0.1, 0.15) is 4.90 Å². The molecule has 0 saturated heterocycles. The van der Waals surface area contributed by atoms with Crippen LogP contribution in [0.2, 0.25) is 0 Å². The number of rotatable bonds is 7. The van der Waals surface area contributed by atoms with Crippen molar-refractivity contribution in [1.29, 1.82) is 0 Å². The number of methoxy groups -OCH3 is 2. The summed E-state index contributed by atoms with van der Waals surface area (Å²) in [6.45, 7) is 2.01. The number of ether oxygens (including phenoxy) is 2. The molecule has 2 aromatic heterocycles. The van der Waals surface area contributed by atoms with Crippen molar-refractivity contribution in [2.75, 3.05) is 14.2 Å². The Morgan fingerprint density at radius 2 is 1.85 bits per heavy atom. The van der Waals surface area contributed by atoms with Gasteiger partial charge in [0, 0.05) is 31.3 Å². The van der Waals surface area contributed by atoms with E-state index in [0.29, 0.717) is 17.1 Å². The third-order valence-electron chi connectivity index (χ3n) is 5.07. The molecule has 10 heteroatoms. The fourth-order valence-electron chi connectivity index (χ4n) is 3.39. The highest BCUT2D eigenvalue weighted by molar-refractivity contribution is 7.91. The van der Waals surface area contributed by atoms with Crippen molar-refractivity contribution in [1.82, 2.24) is 19.7 Å². The molecular formula is C23H22N4O5S. The van der Waals surface area contributed by atoms with E-state index in [1.165, 1.54) is 32.5 Å². The lowest BCUT2D eigenvalue weighted by atomic mass is 10.2. The first kappa shape index (κ1) is 22.3. The van der Waals surface area contributed by atoms with Crippen LogP contribution in [0, 0.1) is 6.92 Å². The maximum Gasteiger partial charge on any atom is 0.254 e. The number of carbonyl (C=O) groups is 1. The van der Waals surface area contributed by atoms with E-state index in [9.17, 15) is 13.2 Å². The van der Waals surface area contributed by atoms with Crippen molar-refractivity contribution in [3.05, 3.63) is 77.9 Å². The molecule has 9 nitrogen and oxygen atoms in total. The predicted octanol–water partition coefficient (Wildman–Crippen LogP) is 2.82. The Balaban J connectivity index is 1.52. The number of hydrogen-bond acceptors (Lipinski definition) is 7. The zero-order valence-corrected chi connectivity index (χ0v) is 19.1. The average molecular weight is 467 g/mol. The highest BCUT2D eigenvalue weighted by Gasteiger charge is 2.25. The van der Waals surface area contributed by atoms with Crippen LogP contribution in [-0.2, 0) is 16.4 Å². The molecule has 170 valence electrons. The normalized spacial score (nSPS) is 11.4. The third-order valence-corrected chi connectivity index (χ3v) is 6.85. The second-order valence-electron chi connectivity index (χ2n) is 7.31. The zero-order valence-electron chi connectivity index (χ0n) is 18.3. The molecule has 4 aromatic rings. The number of aryl methyl sites for hydroxylation is 1. The summed E-state index contributed by atoms with van der Waals surface area (Å²) in [7, 11) is -0.993. The fraction of sp³-hybridized carbons (Fsp3) is 0.174. The van der Waals surface area contributed by atoms with Crippen LogP contribution < -0.4 is 14.8 Å². The molecule has 0 spiro atoms. The van der Waals surface area contributed by atoms with Crippen LogP contribution in [0.15, 0.2) is 71.0 Å². The number of nitrogens with zero attached hydrogens (tertiary/aromatic N) is 3. The zero-order chi connectivity index (χ0) is 23.6. The van der Waals surface area contributed by atoms with Gasteiger partial charge in [-0.25, -0.2) is 18.4 Å². The summed E-state index contributed by atoms with van der Waals surface area (Å²) in [6.07, 6.45) is 6.40. The van der Waals surface area contributed by atoms with Crippen LogP contribution in [0.3, 0.4) is 0 Å². The summed E-state index contributed by atoms with van der Waals surface area (Å²) >= 11 is 0. The fourth-order valence-corrected chi connectivity index (χ4v) is 4.91. The molecular weight excluding hydrogens is 444 g/mol. The number of imidazole rings is 1. The monoisotopic (exact) mass is 466 g/mol. The molecule has 2 aromatic carbocycles. The van der Waals surface area contributed by atoms with Crippen LogP contribution >= 0.6 is 0 Å². The topological polar surface area (TPSA) is 112 Å². The Bertz CT molecular complexity index is 1430. The lowest BCUT2D eigenvalue weighted by molar-refractivity contribution is 0.0950. The van der Waals surface area contributed by atoms with Crippen LogP contribution in [0.25, 0.3) is 5.78 Å². The minimum absolute atomic E-state index is 0.0327. The highest BCUT2D eigenvalue weighted by Crippen LogP contribution is 2.38. The molecule has 0 radical (unpaired) electrons. The van der Waals surface area contributed by atoms with E-state index in [0.717, 1.165) is 11.1 Å². The Labute approximate surface area is 190 Å².